The summed E-state index contributed by atoms with van der Waals surface area (Å²) in [6, 6.07) is 7.06. The quantitative estimate of drug-likeness (QED) is 0.689. The number of amides is 1. The van der Waals surface area contributed by atoms with Crippen molar-refractivity contribution in [3.63, 3.8) is 0 Å². The van der Waals surface area contributed by atoms with Gasteiger partial charge in [-0.15, -0.1) is 0 Å². The molecule has 1 amide bonds. The summed E-state index contributed by atoms with van der Waals surface area (Å²) in [5.41, 5.74) is 0.555. The van der Waals surface area contributed by atoms with Crippen molar-refractivity contribution in [2.75, 3.05) is 13.2 Å². The molecule has 0 aliphatic rings. The number of nitrogens with one attached hydrogen (secondary N) is 1. The van der Waals surface area contributed by atoms with E-state index in [0.717, 1.165) is 0 Å². The Hall–Kier alpha value is -1.59. The van der Waals surface area contributed by atoms with Gasteiger partial charge in [0, 0.05) is 19.0 Å². The molecule has 0 aromatic heterocycles. The number of hydrogen-bond donors (Lipinski definition) is 3. The van der Waals surface area contributed by atoms with Gasteiger partial charge in [-0.2, -0.15) is 0 Å². The van der Waals surface area contributed by atoms with Gasteiger partial charge in [0.15, 0.2) is 0 Å². The Morgan fingerprint density at radius 3 is 2.68 bits per heavy atom. The van der Waals surface area contributed by atoms with Gasteiger partial charge in [0.1, 0.15) is 11.9 Å². The van der Waals surface area contributed by atoms with Crippen molar-refractivity contribution in [3.05, 3.63) is 29.8 Å². The van der Waals surface area contributed by atoms with Crippen molar-refractivity contribution >= 4 is 5.91 Å². The lowest BCUT2D eigenvalue weighted by Gasteiger charge is -2.20. The Kier molecular flexibility index (Phi) is 6.32. The average molecular weight is 267 g/mol. The van der Waals surface area contributed by atoms with Crippen LogP contribution in [-0.4, -0.2) is 35.4 Å². The topological polar surface area (TPSA) is 78.8 Å². The molecular weight excluding hydrogens is 246 g/mol. The van der Waals surface area contributed by atoms with Crippen molar-refractivity contribution in [3.8, 4) is 5.75 Å². The Labute approximate surface area is 113 Å². The smallest absolute Gasteiger partial charge is 0.216 e. The van der Waals surface area contributed by atoms with Crippen LogP contribution in [-0.2, 0) is 4.79 Å². The SMILES string of the molecule is CCOc1ccccc1C(O)C(O)CCNC(C)=O. The lowest BCUT2D eigenvalue weighted by Crippen LogP contribution is -2.27. The van der Waals surface area contributed by atoms with Crippen LogP contribution < -0.4 is 10.1 Å². The second-order valence-electron chi connectivity index (χ2n) is 4.25. The minimum atomic E-state index is -1.03. The molecule has 19 heavy (non-hydrogen) atoms. The van der Waals surface area contributed by atoms with Crippen LogP contribution in [0.5, 0.6) is 5.75 Å². The summed E-state index contributed by atoms with van der Waals surface area (Å²) in [5, 5.41) is 22.6. The molecule has 0 saturated carbocycles. The van der Waals surface area contributed by atoms with Crippen LogP contribution in [0.2, 0.25) is 0 Å². The van der Waals surface area contributed by atoms with Gasteiger partial charge in [-0.1, -0.05) is 18.2 Å². The van der Waals surface area contributed by atoms with Crippen LogP contribution in [0.1, 0.15) is 31.9 Å². The van der Waals surface area contributed by atoms with Crippen molar-refractivity contribution in [2.45, 2.75) is 32.5 Å². The normalized spacial score (nSPS) is 13.7. The van der Waals surface area contributed by atoms with E-state index >= 15 is 0 Å². The molecule has 0 aliphatic heterocycles. The molecule has 0 saturated heterocycles. The molecule has 5 nitrogen and oxygen atoms in total. The molecule has 106 valence electrons. The molecule has 1 rings (SSSR count). The van der Waals surface area contributed by atoms with E-state index in [4.69, 9.17) is 4.74 Å². The van der Waals surface area contributed by atoms with E-state index in [1.807, 2.05) is 13.0 Å². The van der Waals surface area contributed by atoms with Crippen LogP contribution in [0.25, 0.3) is 0 Å². The lowest BCUT2D eigenvalue weighted by atomic mass is 10.0. The molecule has 2 atom stereocenters. The fraction of sp³-hybridized carbons (Fsp3) is 0.500. The van der Waals surface area contributed by atoms with E-state index in [2.05, 4.69) is 5.32 Å². The minimum absolute atomic E-state index is 0.156. The molecular formula is C14H21NO4. The first-order valence-electron chi connectivity index (χ1n) is 6.38. The summed E-state index contributed by atoms with van der Waals surface area (Å²) < 4.78 is 5.41. The fourth-order valence-electron chi connectivity index (χ4n) is 1.77. The van der Waals surface area contributed by atoms with Crippen LogP contribution in [0.4, 0.5) is 0 Å². The number of carbonyl (C=O) groups excluding carboxylic acids is 1. The molecule has 0 heterocycles. The molecule has 3 N–H and O–H groups in total. The molecule has 1 aromatic rings. The van der Waals surface area contributed by atoms with Crippen LogP contribution in [0.15, 0.2) is 24.3 Å². The Bertz CT molecular complexity index is 408. The van der Waals surface area contributed by atoms with E-state index < -0.39 is 12.2 Å². The summed E-state index contributed by atoms with van der Waals surface area (Å²) in [5.74, 6) is 0.410. The highest BCUT2D eigenvalue weighted by atomic mass is 16.5. The summed E-state index contributed by atoms with van der Waals surface area (Å²) in [6.07, 6.45) is -1.70. The monoisotopic (exact) mass is 267 g/mol. The zero-order valence-corrected chi connectivity index (χ0v) is 11.3. The zero-order valence-electron chi connectivity index (χ0n) is 11.3. The number of aliphatic hydroxyl groups is 2. The maximum Gasteiger partial charge on any atom is 0.216 e. The third-order valence-corrected chi connectivity index (χ3v) is 2.72. The molecule has 5 heteroatoms. The van der Waals surface area contributed by atoms with Crippen molar-refractivity contribution in [1.29, 1.82) is 0 Å². The second kappa shape index (κ2) is 7.76. The van der Waals surface area contributed by atoms with Crippen molar-refractivity contribution in [2.24, 2.45) is 0 Å². The Balaban J connectivity index is 2.65. The first-order chi connectivity index (χ1) is 9.06. The fourth-order valence-corrected chi connectivity index (χ4v) is 1.77. The van der Waals surface area contributed by atoms with E-state index in [1.165, 1.54) is 6.92 Å². The second-order valence-corrected chi connectivity index (χ2v) is 4.25. The van der Waals surface area contributed by atoms with Crippen molar-refractivity contribution in [1.82, 2.24) is 5.32 Å². The molecule has 1 aromatic carbocycles. The average Bonchev–Trinajstić information content (AvgIpc) is 2.38. The molecule has 0 fully saturated rings. The van der Waals surface area contributed by atoms with Gasteiger partial charge < -0.3 is 20.3 Å². The number of hydrogen-bond acceptors (Lipinski definition) is 4. The van der Waals surface area contributed by atoms with Gasteiger partial charge in [0.2, 0.25) is 5.91 Å². The van der Waals surface area contributed by atoms with Crippen LogP contribution in [0, 0.1) is 0 Å². The predicted molar refractivity (Wildman–Crippen MR) is 71.9 cm³/mol. The summed E-state index contributed by atoms with van der Waals surface area (Å²) in [6.45, 7) is 4.08. The Morgan fingerprint density at radius 1 is 1.37 bits per heavy atom. The third-order valence-electron chi connectivity index (χ3n) is 2.72. The maximum atomic E-state index is 10.7. The lowest BCUT2D eigenvalue weighted by molar-refractivity contribution is -0.119. The number of para-hydroxylation sites is 1. The maximum absolute atomic E-state index is 10.7. The number of carbonyl (C=O) groups is 1. The number of ether oxygens (including phenoxy) is 1. The standard InChI is InChI=1S/C14H21NO4/c1-3-19-13-7-5-4-6-11(13)14(18)12(17)8-9-15-10(2)16/h4-7,12,14,17-18H,3,8-9H2,1-2H3,(H,15,16). The predicted octanol–water partition coefficient (Wildman–Crippen LogP) is 1.01. The van der Waals surface area contributed by atoms with E-state index in [0.29, 0.717) is 24.5 Å². The molecule has 0 radical (unpaired) electrons. The van der Waals surface area contributed by atoms with Gasteiger partial charge in [0.05, 0.1) is 12.7 Å². The van der Waals surface area contributed by atoms with Crippen molar-refractivity contribution < 1.29 is 19.7 Å². The van der Waals surface area contributed by atoms with E-state index in [-0.39, 0.29) is 12.3 Å². The van der Waals surface area contributed by atoms with E-state index in [9.17, 15) is 15.0 Å². The molecule has 2 unspecified atom stereocenters. The highest BCUT2D eigenvalue weighted by molar-refractivity contribution is 5.72. The summed E-state index contributed by atoms with van der Waals surface area (Å²) >= 11 is 0. The molecule has 0 aliphatic carbocycles. The third kappa shape index (κ3) is 4.89. The van der Waals surface area contributed by atoms with Crippen LogP contribution in [0.3, 0.4) is 0 Å². The number of aliphatic hydroxyl groups excluding tert-OH is 2. The Morgan fingerprint density at radius 2 is 2.05 bits per heavy atom. The minimum Gasteiger partial charge on any atom is -0.493 e. The van der Waals surface area contributed by atoms with Crippen LogP contribution >= 0.6 is 0 Å². The van der Waals surface area contributed by atoms with E-state index in [1.54, 1.807) is 18.2 Å². The van der Waals surface area contributed by atoms with Gasteiger partial charge >= 0.3 is 0 Å². The first kappa shape index (κ1) is 15.5. The number of rotatable bonds is 7. The largest absolute Gasteiger partial charge is 0.493 e. The number of benzene rings is 1. The summed E-state index contributed by atoms with van der Waals surface area (Å²) in [4.78, 5) is 10.7. The zero-order chi connectivity index (χ0) is 14.3. The first-order valence-corrected chi connectivity index (χ1v) is 6.38. The van der Waals surface area contributed by atoms with Gasteiger partial charge in [-0.25, -0.2) is 0 Å². The van der Waals surface area contributed by atoms with Gasteiger partial charge in [-0.3, -0.25) is 4.79 Å². The van der Waals surface area contributed by atoms with Gasteiger partial charge in [-0.05, 0) is 19.4 Å². The molecule has 0 spiro atoms. The highest BCUT2D eigenvalue weighted by Crippen LogP contribution is 2.28. The highest BCUT2D eigenvalue weighted by Gasteiger charge is 2.21. The van der Waals surface area contributed by atoms with Gasteiger partial charge in [0.25, 0.3) is 0 Å². The molecule has 0 bridgehead atoms. The summed E-state index contributed by atoms with van der Waals surface area (Å²) in [7, 11) is 0.